The molecule has 0 spiro atoms. The molecule has 0 aliphatic carbocycles. The van der Waals surface area contributed by atoms with E-state index in [1.807, 2.05) is 40.7 Å². The summed E-state index contributed by atoms with van der Waals surface area (Å²) in [6.45, 7) is 16.4. The van der Waals surface area contributed by atoms with Crippen LogP contribution in [0.4, 0.5) is 19.0 Å². The van der Waals surface area contributed by atoms with E-state index >= 15 is 0 Å². The van der Waals surface area contributed by atoms with Gasteiger partial charge >= 0.3 is 6.18 Å². The number of nitrogens with zero attached hydrogens (tertiary/aromatic N) is 7. The van der Waals surface area contributed by atoms with Crippen LogP contribution in [0.1, 0.15) is 56.4 Å². The van der Waals surface area contributed by atoms with Crippen molar-refractivity contribution in [2.45, 2.75) is 40.8 Å². The summed E-state index contributed by atoms with van der Waals surface area (Å²) in [6, 6.07) is 11.5. The lowest BCUT2D eigenvalue weighted by Crippen LogP contribution is -2.15. The number of nitriles is 1. The maximum Gasteiger partial charge on any atom is 0.433 e. The van der Waals surface area contributed by atoms with Gasteiger partial charge in [0.1, 0.15) is 23.3 Å². The molecule has 9 nitrogen and oxygen atoms in total. The molecule has 4 rings (SSSR count). The minimum atomic E-state index is -4.65. The number of allylic oxidation sites excluding steroid dienone is 1. The number of anilines is 1. The van der Waals surface area contributed by atoms with Gasteiger partial charge in [-0.3, -0.25) is 9.78 Å². The number of nitrogens with one attached hydrogen (secondary N) is 1. The third kappa shape index (κ3) is 11.5. The number of carbonyl (C=O) groups is 1. The molecule has 4 aromatic rings. The molecule has 42 heavy (non-hydrogen) atoms. The van der Waals surface area contributed by atoms with Gasteiger partial charge in [0.25, 0.3) is 5.91 Å². The highest BCUT2D eigenvalue weighted by molar-refractivity contribution is 6.03. The number of aliphatic imine (C=N–C) groups is 1. The fraction of sp³-hybridized carbons (Fsp3) is 0.233. The molecule has 4 aromatic heterocycles. The minimum Gasteiger partial charge on any atom is -0.307 e. The van der Waals surface area contributed by atoms with Crippen LogP contribution in [0.3, 0.4) is 0 Å². The van der Waals surface area contributed by atoms with Crippen LogP contribution in [0.25, 0.3) is 16.9 Å². The molecule has 222 valence electrons. The van der Waals surface area contributed by atoms with E-state index in [9.17, 15) is 18.0 Å². The second-order valence-corrected chi connectivity index (χ2v) is 7.19. The monoisotopic (exact) mass is 580 g/mol. The molecule has 0 fully saturated rings. The number of aromatic nitrogens is 5. The SMILES string of the molecule is C=CC.C=NC.CC.CC.N#Cc1ccc(C(=O)Nc2ccc(-n3nc(-c4cccnc4)cc3C(F)(F)F)cn2)cn1. The maximum atomic E-state index is 13.6. The first kappa shape index (κ1) is 36.8. The van der Waals surface area contributed by atoms with Crippen LogP contribution in [0.15, 0.2) is 84.9 Å². The molecule has 0 atom stereocenters. The van der Waals surface area contributed by atoms with Gasteiger partial charge in [0.05, 0.1) is 23.1 Å². The first-order chi connectivity index (χ1) is 20.2. The summed E-state index contributed by atoms with van der Waals surface area (Å²) >= 11 is 0. The number of pyridine rings is 3. The van der Waals surface area contributed by atoms with E-state index < -0.39 is 17.8 Å². The molecule has 0 aliphatic rings. The minimum absolute atomic E-state index is 0.0607. The van der Waals surface area contributed by atoms with Crippen LogP contribution in [0, 0.1) is 11.3 Å². The van der Waals surface area contributed by atoms with Gasteiger partial charge in [-0.1, -0.05) is 33.8 Å². The fourth-order valence-electron chi connectivity index (χ4n) is 2.80. The van der Waals surface area contributed by atoms with Crippen LogP contribution in [-0.4, -0.2) is 44.4 Å². The third-order valence-corrected chi connectivity index (χ3v) is 4.33. The van der Waals surface area contributed by atoms with E-state index in [1.54, 1.807) is 25.3 Å². The summed E-state index contributed by atoms with van der Waals surface area (Å²) in [5.74, 6) is -0.410. The quantitative estimate of drug-likeness (QED) is 0.198. The second kappa shape index (κ2) is 19.8. The summed E-state index contributed by atoms with van der Waals surface area (Å²) in [4.78, 5) is 27.2. The Morgan fingerprint density at radius 1 is 1.07 bits per heavy atom. The lowest BCUT2D eigenvalue weighted by atomic mass is 10.2. The van der Waals surface area contributed by atoms with Crippen LogP contribution in [0.5, 0.6) is 0 Å². The fourth-order valence-corrected chi connectivity index (χ4v) is 2.80. The van der Waals surface area contributed by atoms with Gasteiger partial charge in [0, 0.05) is 31.2 Å². The van der Waals surface area contributed by atoms with E-state index in [2.05, 4.69) is 43.7 Å². The number of carbonyl (C=O) groups excluding carboxylic acids is 1. The molecule has 1 N–H and O–H groups in total. The predicted octanol–water partition coefficient (Wildman–Crippen LogP) is 7.43. The first-order valence-electron chi connectivity index (χ1n) is 12.8. The summed E-state index contributed by atoms with van der Waals surface area (Å²) < 4.78 is 41.5. The normalized spacial score (nSPS) is 9.33. The lowest BCUT2D eigenvalue weighted by molar-refractivity contribution is -0.142. The van der Waals surface area contributed by atoms with Crippen LogP contribution in [0.2, 0.25) is 0 Å². The van der Waals surface area contributed by atoms with Crippen molar-refractivity contribution >= 4 is 18.4 Å². The topological polar surface area (TPSA) is 122 Å². The number of halogens is 3. The van der Waals surface area contributed by atoms with Crippen LogP contribution in [-0.2, 0) is 6.18 Å². The summed E-state index contributed by atoms with van der Waals surface area (Å²) in [6.07, 6.45) is 2.43. The molecule has 4 heterocycles. The second-order valence-electron chi connectivity index (χ2n) is 7.19. The Labute approximate surface area is 244 Å². The molecule has 0 aromatic carbocycles. The van der Waals surface area contributed by atoms with E-state index in [-0.39, 0.29) is 28.5 Å². The van der Waals surface area contributed by atoms with Crippen molar-refractivity contribution < 1.29 is 18.0 Å². The van der Waals surface area contributed by atoms with Crippen molar-refractivity contribution in [1.29, 1.82) is 5.26 Å². The summed E-state index contributed by atoms with van der Waals surface area (Å²) in [7, 11) is 1.64. The van der Waals surface area contributed by atoms with E-state index in [0.29, 0.717) is 5.56 Å². The maximum absolute atomic E-state index is 13.6. The first-order valence-corrected chi connectivity index (χ1v) is 12.8. The van der Waals surface area contributed by atoms with Crippen molar-refractivity contribution in [2.24, 2.45) is 4.99 Å². The standard InChI is InChI=1S/C21H12F3N7O.C3H6.C2H5N.2C2H6/c22-21(23,24)18-8-17(13-2-1-7-26-10-13)30-31(18)16-5-6-19(28-12-16)29-20(32)14-3-4-15(9-25)27-11-14;2*1-3-2;2*1-2/h1-8,10-12H,(H,28,29,32);3H,1H2,2H3;1H2,2H3;2*1-2H3. The zero-order valence-corrected chi connectivity index (χ0v) is 24.5. The Bertz CT molecular complexity index is 1390. The van der Waals surface area contributed by atoms with Crippen molar-refractivity contribution in [3.8, 4) is 23.0 Å². The Balaban J connectivity index is 0.00000150. The number of hydrogen-bond donors (Lipinski definition) is 1. The molecular weight excluding hydrogens is 545 g/mol. The van der Waals surface area contributed by atoms with Gasteiger partial charge in [-0.15, -0.1) is 6.58 Å². The molecule has 0 bridgehead atoms. The van der Waals surface area contributed by atoms with Gasteiger partial charge in [-0.25, -0.2) is 14.6 Å². The number of hydrogen-bond acceptors (Lipinski definition) is 7. The van der Waals surface area contributed by atoms with Crippen LogP contribution >= 0.6 is 0 Å². The van der Waals surface area contributed by atoms with Crippen LogP contribution < -0.4 is 5.32 Å². The molecule has 1 amide bonds. The van der Waals surface area contributed by atoms with Crippen molar-refractivity contribution in [1.82, 2.24) is 24.7 Å². The largest absolute Gasteiger partial charge is 0.433 e. The van der Waals surface area contributed by atoms with Crippen molar-refractivity contribution in [2.75, 3.05) is 12.4 Å². The average Bonchev–Trinajstić information content (AvgIpc) is 3.48. The average molecular weight is 581 g/mol. The Morgan fingerprint density at radius 3 is 2.17 bits per heavy atom. The van der Waals surface area contributed by atoms with E-state index in [0.717, 1.165) is 10.7 Å². The molecule has 12 heteroatoms. The highest BCUT2D eigenvalue weighted by atomic mass is 19.4. The van der Waals surface area contributed by atoms with Crippen molar-refractivity contribution in [3.63, 3.8) is 0 Å². The predicted molar refractivity (Wildman–Crippen MR) is 161 cm³/mol. The highest BCUT2D eigenvalue weighted by Crippen LogP contribution is 2.33. The van der Waals surface area contributed by atoms with Gasteiger partial charge in [-0.05, 0) is 56.1 Å². The molecular formula is C30H35F3N8O. The van der Waals surface area contributed by atoms with Crippen molar-refractivity contribution in [3.05, 3.63) is 96.9 Å². The van der Waals surface area contributed by atoms with Gasteiger partial charge in [-0.2, -0.15) is 23.5 Å². The molecule has 0 unspecified atom stereocenters. The van der Waals surface area contributed by atoms with E-state index in [1.165, 1.54) is 49.1 Å². The summed E-state index contributed by atoms with van der Waals surface area (Å²) in [5.41, 5.74) is -0.0124. The zero-order chi connectivity index (χ0) is 32.1. The zero-order valence-electron chi connectivity index (χ0n) is 24.5. The van der Waals surface area contributed by atoms with Gasteiger partial charge < -0.3 is 10.3 Å². The smallest absolute Gasteiger partial charge is 0.307 e. The molecule has 0 saturated carbocycles. The third-order valence-electron chi connectivity index (χ3n) is 4.33. The van der Waals surface area contributed by atoms with Gasteiger partial charge in [0.2, 0.25) is 0 Å². The number of amides is 1. The van der Waals surface area contributed by atoms with Gasteiger partial charge in [0.15, 0.2) is 0 Å². The highest BCUT2D eigenvalue weighted by Gasteiger charge is 2.36. The van der Waals surface area contributed by atoms with E-state index in [4.69, 9.17) is 5.26 Å². The Kier molecular flexibility index (Phi) is 17.4. The number of alkyl halides is 3. The number of rotatable bonds is 4. The Hall–Kier alpha value is -5.18. The summed E-state index contributed by atoms with van der Waals surface area (Å²) in [5, 5.41) is 15.3. The Morgan fingerprint density at radius 2 is 1.71 bits per heavy atom. The lowest BCUT2D eigenvalue weighted by Gasteiger charge is -2.10. The molecule has 0 saturated heterocycles. The molecule has 0 radical (unpaired) electrons. The molecule has 0 aliphatic heterocycles.